The molecule has 0 aliphatic heterocycles. The van der Waals surface area contributed by atoms with Crippen LogP contribution in [-0.4, -0.2) is 17.1 Å². The normalized spacial score (nSPS) is 13.2. The lowest BCUT2D eigenvalue weighted by atomic mass is 10.1. The van der Waals surface area contributed by atoms with Crippen molar-refractivity contribution in [3.8, 4) is 0 Å². The Bertz CT molecular complexity index is 199. The molecule has 0 aromatic heterocycles. The van der Waals surface area contributed by atoms with E-state index < -0.39 is 0 Å². The third-order valence-corrected chi connectivity index (χ3v) is 2.50. The van der Waals surface area contributed by atoms with Crippen molar-refractivity contribution in [3.63, 3.8) is 0 Å². The topological polar surface area (TPSA) is 46.5 Å². The van der Waals surface area contributed by atoms with Crippen LogP contribution in [0.25, 0.3) is 0 Å². The second kappa shape index (κ2) is 10.8. The molecule has 3 nitrogen and oxygen atoms in total. The van der Waals surface area contributed by atoms with Gasteiger partial charge in [-0.05, 0) is 25.0 Å². The third-order valence-electron chi connectivity index (χ3n) is 2.50. The fraction of sp³-hybridized carbons (Fsp3) is 0.769. The minimum atomic E-state index is -0.336. The Balaban J connectivity index is 3.81. The quantitative estimate of drug-likeness (QED) is 0.268. The Kier molecular flexibility index (Phi) is 10.4. The lowest BCUT2D eigenvalue weighted by Crippen LogP contribution is -2.08. The average molecular weight is 228 g/mol. The number of rotatable bonds is 10. The molecule has 0 saturated heterocycles. The van der Waals surface area contributed by atoms with Crippen molar-refractivity contribution >= 4 is 5.78 Å². The minimum Gasteiger partial charge on any atom is -0.295 e. The van der Waals surface area contributed by atoms with Crippen LogP contribution in [0.5, 0.6) is 0 Å². The van der Waals surface area contributed by atoms with E-state index in [0.29, 0.717) is 6.42 Å². The van der Waals surface area contributed by atoms with Gasteiger partial charge in [-0.3, -0.25) is 10.1 Å². The summed E-state index contributed by atoms with van der Waals surface area (Å²) in [6, 6.07) is 0. The number of hydrogen-bond donors (Lipinski definition) is 1. The highest BCUT2D eigenvalue weighted by Gasteiger charge is 2.05. The summed E-state index contributed by atoms with van der Waals surface area (Å²) in [5.74, 6) is 0.111. The van der Waals surface area contributed by atoms with Gasteiger partial charge >= 0.3 is 0 Å². The van der Waals surface area contributed by atoms with Crippen LogP contribution in [0, 0.1) is 0 Å². The maximum Gasteiger partial charge on any atom is 0.155 e. The number of carbonyl (C=O) groups excluding carboxylic acids is 1. The summed E-state index contributed by atoms with van der Waals surface area (Å²) in [6.45, 7) is 4.18. The van der Waals surface area contributed by atoms with E-state index in [2.05, 4.69) is 18.7 Å². The minimum absolute atomic E-state index is 0.111. The van der Waals surface area contributed by atoms with Gasteiger partial charge in [-0.25, -0.2) is 4.89 Å². The second-order valence-corrected chi connectivity index (χ2v) is 4.07. The van der Waals surface area contributed by atoms with Gasteiger partial charge in [0, 0.05) is 6.42 Å². The van der Waals surface area contributed by atoms with E-state index in [1.165, 1.54) is 6.08 Å². The van der Waals surface area contributed by atoms with Crippen LogP contribution in [0.1, 0.15) is 58.8 Å². The van der Waals surface area contributed by atoms with Gasteiger partial charge in [0.1, 0.15) is 6.10 Å². The molecule has 0 radical (unpaired) electrons. The van der Waals surface area contributed by atoms with Crippen LogP contribution < -0.4 is 0 Å². The average Bonchev–Trinajstić information content (AvgIpc) is 2.31. The zero-order valence-corrected chi connectivity index (χ0v) is 10.4. The monoisotopic (exact) mass is 228 g/mol. The summed E-state index contributed by atoms with van der Waals surface area (Å²) in [6.07, 6.45) is 9.42. The lowest BCUT2D eigenvalue weighted by molar-refractivity contribution is -0.267. The van der Waals surface area contributed by atoms with Crippen molar-refractivity contribution in [3.05, 3.63) is 12.2 Å². The molecule has 3 heteroatoms. The van der Waals surface area contributed by atoms with Crippen molar-refractivity contribution in [2.24, 2.45) is 0 Å². The predicted molar refractivity (Wildman–Crippen MR) is 65.3 cm³/mol. The van der Waals surface area contributed by atoms with Crippen LogP contribution in [0.4, 0.5) is 0 Å². The SMILES string of the molecule is CCCCC[C@@H](/C=C/C(=O)CCCC)OO. The summed E-state index contributed by atoms with van der Waals surface area (Å²) < 4.78 is 0. The molecule has 16 heavy (non-hydrogen) atoms. The molecule has 1 atom stereocenters. The zero-order chi connectivity index (χ0) is 12.2. The summed E-state index contributed by atoms with van der Waals surface area (Å²) in [4.78, 5) is 15.6. The molecule has 0 bridgehead atoms. The first-order chi connectivity index (χ1) is 7.74. The highest BCUT2D eigenvalue weighted by Crippen LogP contribution is 2.07. The van der Waals surface area contributed by atoms with E-state index >= 15 is 0 Å². The Hall–Kier alpha value is -0.670. The van der Waals surface area contributed by atoms with Crippen molar-refractivity contribution in [1.29, 1.82) is 0 Å². The highest BCUT2D eigenvalue weighted by atomic mass is 17.1. The van der Waals surface area contributed by atoms with E-state index in [1.54, 1.807) is 6.08 Å². The molecule has 0 unspecified atom stereocenters. The molecule has 0 aliphatic rings. The molecule has 0 rings (SSSR count). The lowest BCUT2D eigenvalue weighted by Gasteiger charge is -2.07. The second-order valence-electron chi connectivity index (χ2n) is 4.07. The molecule has 0 heterocycles. The Morgan fingerprint density at radius 1 is 1.25 bits per heavy atom. The molecule has 94 valence electrons. The van der Waals surface area contributed by atoms with Gasteiger partial charge < -0.3 is 0 Å². The maximum atomic E-state index is 11.3. The van der Waals surface area contributed by atoms with Crippen LogP contribution in [0.2, 0.25) is 0 Å². The molecule has 0 aliphatic carbocycles. The molecule has 0 spiro atoms. The van der Waals surface area contributed by atoms with Crippen LogP contribution in [0.15, 0.2) is 12.2 Å². The van der Waals surface area contributed by atoms with E-state index in [1.807, 2.05) is 0 Å². The van der Waals surface area contributed by atoms with Gasteiger partial charge in [0.05, 0.1) is 0 Å². The van der Waals surface area contributed by atoms with Gasteiger partial charge in [0.15, 0.2) is 5.78 Å². The molecule has 0 fully saturated rings. The third kappa shape index (κ3) is 8.62. The van der Waals surface area contributed by atoms with E-state index in [0.717, 1.165) is 38.5 Å². The smallest absolute Gasteiger partial charge is 0.155 e. The number of ketones is 1. The van der Waals surface area contributed by atoms with Crippen LogP contribution >= 0.6 is 0 Å². The molecule has 0 saturated carbocycles. The summed E-state index contributed by atoms with van der Waals surface area (Å²) >= 11 is 0. The van der Waals surface area contributed by atoms with Crippen molar-refractivity contribution in [1.82, 2.24) is 0 Å². The Morgan fingerprint density at radius 3 is 2.50 bits per heavy atom. The fourth-order valence-electron chi connectivity index (χ4n) is 1.43. The largest absolute Gasteiger partial charge is 0.295 e. The molecule has 0 aromatic rings. The van der Waals surface area contributed by atoms with Gasteiger partial charge in [-0.2, -0.15) is 0 Å². The number of hydrogen-bond acceptors (Lipinski definition) is 3. The number of carbonyl (C=O) groups is 1. The van der Waals surface area contributed by atoms with Gasteiger partial charge in [0.25, 0.3) is 0 Å². The van der Waals surface area contributed by atoms with Crippen molar-refractivity contribution < 1.29 is 14.9 Å². The molecule has 0 aromatic carbocycles. The van der Waals surface area contributed by atoms with Crippen molar-refractivity contribution in [2.45, 2.75) is 64.9 Å². The maximum absolute atomic E-state index is 11.3. The highest BCUT2D eigenvalue weighted by molar-refractivity contribution is 5.89. The van der Waals surface area contributed by atoms with E-state index in [4.69, 9.17) is 5.26 Å². The number of allylic oxidation sites excluding steroid dienone is 1. The first-order valence-corrected chi connectivity index (χ1v) is 6.25. The number of unbranched alkanes of at least 4 members (excludes halogenated alkanes) is 3. The fourth-order valence-corrected chi connectivity index (χ4v) is 1.43. The predicted octanol–water partition coefficient (Wildman–Crippen LogP) is 3.74. The standard InChI is InChI=1S/C13H24O3/c1-3-5-7-9-13(16-15)11-10-12(14)8-6-4-2/h10-11,13,15H,3-9H2,1-2H3/b11-10+/t13-/m0/s1. The summed E-state index contributed by atoms with van der Waals surface area (Å²) in [5.41, 5.74) is 0. The molecular weight excluding hydrogens is 204 g/mol. The van der Waals surface area contributed by atoms with Crippen LogP contribution in [-0.2, 0) is 9.68 Å². The zero-order valence-electron chi connectivity index (χ0n) is 10.4. The molecular formula is C13H24O3. The Morgan fingerprint density at radius 2 is 1.94 bits per heavy atom. The van der Waals surface area contributed by atoms with E-state index in [-0.39, 0.29) is 11.9 Å². The van der Waals surface area contributed by atoms with Crippen molar-refractivity contribution in [2.75, 3.05) is 0 Å². The van der Waals surface area contributed by atoms with Gasteiger partial charge in [0.2, 0.25) is 0 Å². The molecule has 1 N–H and O–H groups in total. The van der Waals surface area contributed by atoms with Crippen LogP contribution in [0.3, 0.4) is 0 Å². The first kappa shape index (κ1) is 15.3. The summed E-state index contributed by atoms with van der Waals surface area (Å²) in [7, 11) is 0. The molecule has 0 amide bonds. The van der Waals surface area contributed by atoms with Gasteiger partial charge in [-0.15, -0.1) is 0 Å². The Labute approximate surface area is 98.4 Å². The van der Waals surface area contributed by atoms with Gasteiger partial charge in [-0.1, -0.05) is 39.5 Å². The summed E-state index contributed by atoms with van der Waals surface area (Å²) in [5, 5.41) is 8.65. The van der Waals surface area contributed by atoms with E-state index in [9.17, 15) is 4.79 Å². The first-order valence-electron chi connectivity index (χ1n) is 6.25.